The number of hydrogen-bond donors (Lipinski definition) is 1. The lowest BCUT2D eigenvalue weighted by atomic mass is 9.80. The van der Waals surface area contributed by atoms with Gasteiger partial charge in [-0.3, -0.25) is 19.1 Å². The minimum atomic E-state index is -1.06. The summed E-state index contributed by atoms with van der Waals surface area (Å²) in [6.07, 6.45) is -0.0291. The maximum Gasteiger partial charge on any atom is 0.330 e. The largest absolute Gasteiger partial charge is 0.497 e. The highest BCUT2D eigenvalue weighted by Gasteiger charge is 2.42. The van der Waals surface area contributed by atoms with Gasteiger partial charge in [-0.1, -0.05) is 87.1 Å². The molecule has 11 heteroatoms. The van der Waals surface area contributed by atoms with E-state index in [1.54, 1.807) is 14.2 Å². The van der Waals surface area contributed by atoms with Crippen molar-refractivity contribution in [2.24, 2.45) is 5.41 Å². The van der Waals surface area contributed by atoms with Crippen LogP contribution in [0.25, 0.3) is 0 Å². The van der Waals surface area contributed by atoms with Gasteiger partial charge in [0, 0.05) is 29.9 Å². The van der Waals surface area contributed by atoms with Crippen LogP contribution < -0.4 is 20.7 Å². The van der Waals surface area contributed by atoms with Crippen molar-refractivity contribution in [3.8, 4) is 11.5 Å². The van der Waals surface area contributed by atoms with E-state index >= 15 is 0 Å². The number of carbonyl (C=O) groups is 1. The van der Waals surface area contributed by atoms with E-state index in [2.05, 4.69) is 4.98 Å². The molecule has 0 aliphatic carbocycles. The molecule has 3 atom stereocenters. The van der Waals surface area contributed by atoms with E-state index in [1.807, 2.05) is 99.6 Å². The lowest BCUT2D eigenvalue weighted by Gasteiger charge is -2.37. The van der Waals surface area contributed by atoms with Crippen molar-refractivity contribution < 1.29 is 28.5 Å². The fourth-order valence-corrected chi connectivity index (χ4v) is 6.49. The number of nitrogens with zero attached hydrogens (tertiary/aromatic N) is 1. The highest BCUT2D eigenvalue weighted by Crippen LogP contribution is 2.43. The van der Waals surface area contributed by atoms with E-state index in [0.29, 0.717) is 23.7 Å². The average molecular weight is 675 g/mol. The molecule has 254 valence electrons. The Morgan fingerprint density at radius 2 is 1.46 bits per heavy atom. The molecule has 0 radical (unpaired) electrons. The van der Waals surface area contributed by atoms with Gasteiger partial charge in [0.15, 0.2) is 11.3 Å². The van der Waals surface area contributed by atoms with E-state index in [1.165, 1.54) is 28.6 Å². The van der Waals surface area contributed by atoms with Gasteiger partial charge in [0.2, 0.25) is 0 Å². The van der Waals surface area contributed by atoms with Crippen molar-refractivity contribution in [1.82, 2.24) is 9.55 Å². The first-order valence-electron chi connectivity index (χ1n) is 15.8. The van der Waals surface area contributed by atoms with Crippen LogP contribution in [0.4, 0.5) is 0 Å². The summed E-state index contributed by atoms with van der Waals surface area (Å²) in [6.45, 7) is 6.05. The summed E-state index contributed by atoms with van der Waals surface area (Å²) in [5.74, 6) is 1.88. The molecule has 4 aromatic rings. The molecule has 0 saturated carbocycles. The molecule has 0 spiro atoms. The van der Waals surface area contributed by atoms with Crippen molar-refractivity contribution in [3.05, 3.63) is 129 Å². The monoisotopic (exact) mass is 674 g/mol. The second-order valence-electron chi connectivity index (χ2n) is 12.5. The van der Waals surface area contributed by atoms with Gasteiger partial charge in [0.05, 0.1) is 33.5 Å². The van der Waals surface area contributed by atoms with Gasteiger partial charge in [-0.05, 0) is 41.0 Å². The number of aromatic amines is 1. The first kappa shape index (κ1) is 35.2. The van der Waals surface area contributed by atoms with Gasteiger partial charge >= 0.3 is 5.69 Å². The second kappa shape index (κ2) is 15.4. The molecule has 1 aliphatic rings. The van der Waals surface area contributed by atoms with Crippen LogP contribution in [0.3, 0.4) is 0 Å². The number of benzene rings is 3. The predicted molar refractivity (Wildman–Crippen MR) is 185 cm³/mol. The number of nitrogens with one attached hydrogen (secondary N) is 1. The van der Waals surface area contributed by atoms with Crippen molar-refractivity contribution >= 4 is 16.9 Å². The van der Waals surface area contributed by atoms with E-state index in [-0.39, 0.29) is 18.3 Å². The lowest BCUT2D eigenvalue weighted by molar-refractivity contribution is -0.117. The molecular formula is C37H42N2O8S. The highest BCUT2D eigenvalue weighted by molar-refractivity contribution is 8.13. The number of ether oxygens (including phenoxy) is 5. The lowest BCUT2D eigenvalue weighted by Crippen LogP contribution is -2.36. The Labute approximate surface area is 284 Å². The molecule has 48 heavy (non-hydrogen) atoms. The third-order valence-corrected chi connectivity index (χ3v) is 9.44. The van der Waals surface area contributed by atoms with Crippen LogP contribution in [0, 0.1) is 5.41 Å². The van der Waals surface area contributed by atoms with E-state index < -0.39 is 40.7 Å². The maximum absolute atomic E-state index is 12.9. The zero-order valence-electron chi connectivity index (χ0n) is 27.8. The Morgan fingerprint density at radius 3 is 2.00 bits per heavy atom. The molecule has 1 aromatic heterocycles. The Kier molecular flexibility index (Phi) is 11.3. The molecule has 10 nitrogen and oxygen atoms in total. The number of H-pyrrole nitrogens is 1. The molecule has 5 rings (SSSR count). The molecule has 1 saturated heterocycles. The smallest absolute Gasteiger partial charge is 0.330 e. The summed E-state index contributed by atoms with van der Waals surface area (Å²) in [7, 11) is 3.25. The van der Waals surface area contributed by atoms with Gasteiger partial charge in [-0.2, -0.15) is 0 Å². The van der Waals surface area contributed by atoms with Crippen LogP contribution in [-0.2, 0) is 24.6 Å². The second-order valence-corrected chi connectivity index (χ2v) is 13.6. The van der Waals surface area contributed by atoms with E-state index in [9.17, 15) is 14.4 Å². The van der Waals surface area contributed by atoms with Crippen LogP contribution in [-0.4, -0.2) is 60.1 Å². The quantitative estimate of drug-likeness (QED) is 0.144. The number of thioether (sulfide) groups is 1. The van der Waals surface area contributed by atoms with Crippen molar-refractivity contribution in [3.63, 3.8) is 0 Å². The predicted octanol–water partition coefficient (Wildman–Crippen LogP) is 5.54. The molecule has 3 aromatic carbocycles. The van der Waals surface area contributed by atoms with Crippen LogP contribution in [0.1, 0.15) is 50.1 Å². The molecule has 0 bridgehead atoms. The first-order chi connectivity index (χ1) is 23.0. The number of hydrogen-bond acceptors (Lipinski definition) is 9. The topological polar surface area (TPSA) is 118 Å². The average Bonchev–Trinajstić information content (AvgIpc) is 3.49. The Bertz CT molecular complexity index is 1720. The van der Waals surface area contributed by atoms with Gasteiger partial charge < -0.3 is 23.7 Å². The first-order valence-corrected chi connectivity index (χ1v) is 16.8. The zero-order chi connectivity index (χ0) is 34.3. The number of methoxy groups -OCH3 is 2. The van der Waals surface area contributed by atoms with Gasteiger partial charge in [-0.15, -0.1) is 0 Å². The highest BCUT2D eigenvalue weighted by atomic mass is 32.2. The summed E-state index contributed by atoms with van der Waals surface area (Å²) in [4.78, 5) is 39.5. The molecule has 0 unspecified atom stereocenters. The standard InChI is InChI=1S/C37H42N2O8S/c1-36(2,3)34(41)48-22-21-45-31-23-30(47-33(31)39-20-19-32(40)38-35(39)42)24-46-37(25-9-7-6-8-10-25,26-11-15-28(43-4)16-12-26)27-13-17-29(44-5)18-14-27/h6-20,30-31,33H,21-24H2,1-5H3,(H,38,40,42)/t30-,31+,33+/m0/s1. The molecule has 1 N–H and O–H groups in total. The summed E-state index contributed by atoms with van der Waals surface area (Å²) in [5, 5.41) is 0.0720. The Morgan fingerprint density at radius 1 is 0.875 bits per heavy atom. The zero-order valence-corrected chi connectivity index (χ0v) is 28.7. The minimum Gasteiger partial charge on any atom is -0.497 e. The minimum absolute atomic E-state index is 0.0720. The SMILES string of the molecule is COc1ccc(C(OC[C@@H]2C[C@@H](OCCSC(=O)C(C)(C)C)[C@H](n3ccc(=O)[nH]c3=O)O2)(c2ccccc2)c2ccc(OC)cc2)cc1. The van der Waals surface area contributed by atoms with Crippen molar-refractivity contribution in [2.45, 2.75) is 51.2 Å². The van der Waals surface area contributed by atoms with Crippen LogP contribution in [0.2, 0.25) is 0 Å². The normalized spacial score (nSPS) is 18.1. The van der Waals surface area contributed by atoms with Crippen LogP contribution in [0.15, 0.2) is 101 Å². The summed E-state index contributed by atoms with van der Waals surface area (Å²) >= 11 is 1.22. The third kappa shape index (κ3) is 7.92. The summed E-state index contributed by atoms with van der Waals surface area (Å²) in [5.41, 5.74) is 0.0225. The van der Waals surface area contributed by atoms with E-state index in [0.717, 1.165) is 16.7 Å². The molecule has 1 aliphatic heterocycles. The number of rotatable bonds is 13. The molecule has 1 fully saturated rings. The molecule has 2 heterocycles. The summed E-state index contributed by atoms with van der Waals surface area (Å²) < 4.78 is 32.0. The summed E-state index contributed by atoms with van der Waals surface area (Å²) in [6, 6.07) is 26.7. The van der Waals surface area contributed by atoms with E-state index in [4.69, 9.17) is 23.7 Å². The van der Waals surface area contributed by atoms with Crippen LogP contribution >= 0.6 is 11.8 Å². The molecule has 0 amide bonds. The van der Waals surface area contributed by atoms with Gasteiger partial charge in [-0.25, -0.2) is 4.79 Å². The number of aromatic nitrogens is 2. The van der Waals surface area contributed by atoms with Gasteiger partial charge in [0.1, 0.15) is 23.2 Å². The number of carbonyl (C=O) groups excluding carboxylic acids is 1. The fraction of sp³-hybridized carbons (Fsp3) is 0.378. The van der Waals surface area contributed by atoms with Crippen molar-refractivity contribution in [1.29, 1.82) is 0 Å². The maximum atomic E-state index is 12.9. The molecular weight excluding hydrogens is 632 g/mol. The van der Waals surface area contributed by atoms with Crippen molar-refractivity contribution in [2.75, 3.05) is 33.2 Å². The third-order valence-electron chi connectivity index (χ3n) is 8.19. The Balaban J connectivity index is 1.46. The fourth-order valence-electron chi connectivity index (χ4n) is 5.69. The van der Waals surface area contributed by atoms with Crippen LogP contribution in [0.5, 0.6) is 11.5 Å². The Hall–Kier alpha value is -4.16. The van der Waals surface area contributed by atoms with Gasteiger partial charge in [0.25, 0.3) is 5.56 Å².